The Kier molecular flexibility index (Phi) is 4.49. The molecule has 0 saturated carbocycles. The van der Waals surface area contributed by atoms with Crippen LogP contribution in [0.15, 0.2) is 6.07 Å². The molecule has 16 heavy (non-hydrogen) atoms. The first-order chi connectivity index (χ1) is 7.50. The molecule has 0 fully saturated rings. The first-order valence-corrected chi connectivity index (χ1v) is 5.44. The predicted molar refractivity (Wildman–Crippen MR) is 63.4 cm³/mol. The molecule has 0 bridgehead atoms. The maximum absolute atomic E-state index is 11.7. The van der Waals surface area contributed by atoms with E-state index in [4.69, 9.17) is 0 Å². The van der Waals surface area contributed by atoms with Crippen molar-refractivity contribution < 1.29 is 4.79 Å². The summed E-state index contributed by atoms with van der Waals surface area (Å²) in [6.45, 7) is 3.55. The van der Waals surface area contributed by atoms with Gasteiger partial charge in [-0.25, -0.2) is 0 Å². The topological polar surface area (TPSA) is 50.2 Å². The van der Waals surface area contributed by atoms with E-state index in [0.29, 0.717) is 12.2 Å². The molecule has 0 spiro atoms. The van der Waals surface area contributed by atoms with Crippen LogP contribution in [0.3, 0.4) is 0 Å². The lowest BCUT2D eigenvalue weighted by atomic mass is 10.3. The van der Waals surface area contributed by atoms with Gasteiger partial charge in [0, 0.05) is 13.6 Å². The van der Waals surface area contributed by atoms with Crippen molar-refractivity contribution in [3.8, 4) is 0 Å². The van der Waals surface area contributed by atoms with Crippen molar-refractivity contribution in [2.24, 2.45) is 7.05 Å². The van der Waals surface area contributed by atoms with Crippen LogP contribution in [-0.2, 0) is 7.05 Å². The summed E-state index contributed by atoms with van der Waals surface area (Å²) in [5, 5.41) is 7.02. The standard InChI is InChI=1S/C11H20N4O/c1-9-8-10(15(4)13-9)11(16)12-6-5-7-14(2)3/h8H,5-7H2,1-4H3,(H,12,16). The molecule has 0 radical (unpaired) electrons. The summed E-state index contributed by atoms with van der Waals surface area (Å²) in [4.78, 5) is 13.8. The van der Waals surface area contributed by atoms with E-state index in [1.807, 2.05) is 21.0 Å². The van der Waals surface area contributed by atoms with Gasteiger partial charge in [0.1, 0.15) is 5.69 Å². The predicted octanol–water partition coefficient (Wildman–Crippen LogP) is 0.410. The zero-order chi connectivity index (χ0) is 12.1. The van der Waals surface area contributed by atoms with E-state index in [1.54, 1.807) is 17.8 Å². The van der Waals surface area contributed by atoms with Crippen LogP contribution in [0.5, 0.6) is 0 Å². The van der Waals surface area contributed by atoms with Crippen molar-refractivity contribution in [1.29, 1.82) is 0 Å². The monoisotopic (exact) mass is 224 g/mol. The number of carbonyl (C=O) groups is 1. The molecule has 5 nitrogen and oxygen atoms in total. The lowest BCUT2D eigenvalue weighted by Crippen LogP contribution is -2.28. The van der Waals surface area contributed by atoms with Crippen molar-refractivity contribution in [3.05, 3.63) is 17.5 Å². The molecule has 0 aliphatic heterocycles. The highest BCUT2D eigenvalue weighted by atomic mass is 16.2. The van der Waals surface area contributed by atoms with Gasteiger partial charge in [0.15, 0.2) is 0 Å². The SMILES string of the molecule is Cc1cc(C(=O)NCCCN(C)C)n(C)n1. The summed E-state index contributed by atoms with van der Waals surface area (Å²) >= 11 is 0. The Balaban J connectivity index is 2.38. The van der Waals surface area contributed by atoms with Gasteiger partial charge >= 0.3 is 0 Å². The number of carbonyl (C=O) groups excluding carboxylic acids is 1. The van der Waals surface area contributed by atoms with Gasteiger partial charge in [-0.2, -0.15) is 5.10 Å². The Morgan fingerprint density at radius 3 is 2.75 bits per heavy atom. The number of aryl methyl sites for hydroxylation is 2. The molecular formula is C11H20N4O. The van der Waals surface area contributed by atoms with Gasteiger partial charge in [-0.1, -0.05) is 0 Å². The highest BCUT2D eigenvalue weighted by Crippen LogP contribution is 2.01. The number of aromatic nitrogens is 2. The second-order valence-electron chi connectivity index (χ2n) is 4.21. The van der Waals surface area contributed by atoms with Gasteiger partial charge in [-0.3, -0.25) is 9.48 Å². The van der Waals surface area contributed by atoms with E-state index in [9.17, 15) is 4.79 Å². The molecule has 0 saturated heterocycles. The first kappa shape index (κ1) is 12.7. The molecule has 1 aromatic heterocycles. The van der Waals surface area contributed by atoms with Gasteiger partial charge in [-0.15, -0.1) is 0 Å². The lowest BCUT2D eigenvalue weighted by Gasteiger charge is -2.09. The largest absolute Gasteiger partial charge is 0.351 e. The normalized spacial score (nSPS) is 10.8. The van der Waals surface area contributed by atoms with Crippen molar-refractivity contribution in [1.82, 2.24) is 20.0 Å². The molecule has 1 aromatic rings. The van der Waals surface area contributed by atoms with Crippen molar-refractivity contribution >= 4 is 5.91 Å². The highest BCUT2D eigenvalue weighted by Gasteiger charge is 2.10. The third-order valence-corrected chi connectivity index (χ3v) is 2.30. The molecule has 1 N–H and O–H groups in total. The Morgan fingerprint density at radius 2 is 2.25 bits per heavy atom. The smallest absolute Gasteiger partial charge is 0.269 e. The third kappa shape index (κ3) is 3.66. The van der Waals surface area contributed by atoms with Crippen LogP contribution in [0.4, 0.5) is 0 Å². The number of nitrogens with zero attached hydrogens (tertiary/aromatic N) is 3. The van der Waals surface area contributed by atoms with E-state index in [1.165, 1.54) is 0 Å². The highest BCUT2D eigenvalue weighted by molar-refractivity contribution is 5.92. The van der Waals surface area contributed by atoms with E-state index >= 15 is 0 Å². The number of hydrogen-bond donors (Lipinski definition) is 1. The molecule has 0 aliphatic rings. The molecule has 0 atom stereocenters. The first-order valence-electron chi connectivity index (χ1n) is 5.44. The average Bonchev–Trinajstić information content (AvgIpc) is 2.52. The summed E-state index contributed by atoms with van der Waals surface area (Å²) in [7, 11) is 5.82. The van der Waals surface area contributed by atoms with Crippen molar-refractivity contribution in [2.75, 3.05) is 27.2 Å². The Labute approximate surface area is 96.4 Å². The van der Waals surface area contributed by atoms with E-state index in [-0.39, 0.29) is 5.91 Å². The van der Waals surface area contributed by atoms with Gasteiger partial charge in [0.2, 0.25) is 0 Å². The minimum atomic E-state index is -0.0538. The van der Waals surface area contributed by atoms with E-state index in [0.717, 1.165) is 18.7 Å². The number of hydrogen-bond acceptors (Lipinski definition) is 3. The summed E-state index contributed by atoms with van der Waals surface area (Å²) in [5.74, 6) is -0.0538. The Bertz CT molecular complexity index is 357. The molecule has 90 valence electrons. The van der Waals surface area contributed by atoms with Crippen LogP contribution in [0.1, 0.15) is 22.6 Å². The molecule has 1 heterocycles. The van der Waals surface area contributed by atoms with Gasteiger partial charge < -0.3 is 10.2 Å². The summed E-state index contributed by atoms with van der Waals surface area (Å²) < 4.78 is 1.61. The molecule has 0 aromatic carbocycles. The fourth-order valence-corrected chi connectivity index (χ4v) is 1.51. The minimum absolute atomic E-state index is 0.0538. The molecule has 1 rings (SSSR count). The van der Waals surface area contributed by atoms with E-state index in [2.05, 4.69) is 15.3 Å². The number of amides is 1. The van der Waals surface area contributed by atoms with Crippen LogP contribution in [-0.4, -0.2) is 47.8 Å². The summed E-state index contributed by atoms with van der Waals surface area (Å²) in [6.07, 6.45) is 0.954. The van der Waals surface area contributed by atoms with Crippen LogP contribution in [0.2, 0.25) is 0 Å². The molecular weight excluding hydrogens is 204 g/mol. The fraction of sp³-hybridized carbons (Fsp3) is 0.636. The lowest BCUT2D eigenvalue weighted by molar-refractivity contribution is 0.0943. The van der Waals surface area contributed by atoms with Crippen LogP contribution in [0, 0.1) is 6.92 Å². The number of nitrogens with one attached hydrogen (secondary N) is 1. The second kappa shape index (κ2) is 5.65. The maximum atomic E-state index is 11.7. The molecule has 0 unspecified atom stereocenters. The zero-order valence-corrected chi connectivity index (χ0v) is 10.4. The average molecular weight is 224 g/mol. The second-order valence-corrected chi connectivity index (χ2v) is 4.21. The number of rotatable bonds is 5. The fourth-order valence-electron chi connectivity index (χ4n) is 1.51. The van der Waals surface area contributed by atoms with Gasteiger partial charge in [0.25, 0.3) is 5.91 Å². The van der Waals surface area contributed by atoms with E-state index < -0.39 is 0 Å². The van der Waals surface area contributed by atoms with Crippen LogP contribution < -0.4 is 5.32 Å². The quantitative estimate of drug-likeness (QED) is 0.737. The summed E-state index contributed by atoms with van der Waals surface area (Å²) in [5.41, 5.74) is 1.48. The molecule has 5 heteroatoms. The third-order valence-electron chi connectivity index (χ3n) is 2.30. The van der Waals surface area contributed by atoms with Crippen LogP contribution >= 0.6 is 0 Å². The van der Waals surface area contributed by atoms with Crippen molar-refractivity contribution in [3.63, 3.8) is 0 Å². The zero-order valence-electron chi connectivity index (χ0n) is 10.4. The summed E-state index contributed by atoms with van der Waals surface area (Å²) in [6, 6.07) is 1.79. The minimum Gasteiger partial charge on any atom is -0.351 e. The van der Waals surface area contributed by atoms with Crippen LogP contribution in [0.25, 0.3) is 0 Å². The Hall–Kier alpha value is -1.36. The van der Waals surface area contributed by atoms with Gasteiger partial charge in [0.05, 0.1) is 5.69 Å². The maximum Gasteiger partial charge on any atom is 0.269 e. The van der Waals surface area contributed by atoms with Crippen molar-refractivity contribution in [2.45, 2.75) is 13.3 Å². The molecule has 0 aliphatic carbocycles. The molecule has 1 amide bonds. The Morgan fingerprint density at radius 1 is 1.56 bits per heavy atom. The van der Waals surface area contributed by atoms with Gasteiger partial charge in [-0.05, 0) is 40.1 Å².